The molecule has 1 N–H and O–H groups in total. The van der Waals surface area contributed by atoms with Gasteiger partial charge in [-0.3, -0.25) is 14.2 Å². The number of carboxylic acid groups (broad SMARTS) is 1. The maximum atomic E-state index is 13.3. The standard InChI is InChI=1S/C26H30N4O4S/c1-3-28(4-2)13-14-29-24(32)20-11-7-8-12-21(20)27-26(29)35-17-23(31)30-16-19-10-6-5-9-18(19)15-22(30)25(33)34/h5-12,22H,3-4,13-17H2,1-2H3,(H,33,34). The molecule has 184 valence electrons. The predicted molar refractivity (Wildman–Crippen MR) is 137 cm³/mol. The van der Waals surface area contributed by atoms with E-state index in [9.17, 15) is 19.5 Å². The molecule has 1 aliphatic heterocycles. The van der Waals surface area contributed by atoms with Crippen LogP contribution in [0.15, 0.2) is 58.5 Å². The summed E-state index contributed by atoms with van der Waals surface area (Å²) in [4.78, 5) is 46.8. The number of hydrogen-bond donors (Lipinski definition) is 1. The van der Waals surface area contributed by atoms with Crippen LogP contribution in [-0.2, 0) is 29.1 Å². The number of benzene rings is 2. The second-order valence-corrected chi connectivity index (χ2v) is 9.47. The molecule has 2 heterocycles. The van der Waals surface area contributed by atoms with Crippen LogP contribution in [0.3, 0.4) is 0 Å². The molecular weight excluding hydrogens is 464 g/mol. The third-order valence-electron chi connectivity index (χ3n) is 6.54. The minimum Gasteiger partial charge on any atom is -0.480 e. The molecular formula is C26H30N4O4S. The smallest absolute Gasteiger partial charge is 0.326 e. The molecule has 3 aromatic rings. The van der Waals surface area contributed by atoms with Gasteiger partial charge in [0.1, 0.15) is 6.04 Å². The van der Waals surface area contributed by atoms with Crippen LogP contribution >= 0.6 is 11.8 Å². The Hall–Kier alpha value is -3.17. The van der Waals surface area contributed by atoms with Gasteiger partial charge in [0, 0.05) is 26.1 Å². The van der Waals surface area contributed by atoms with Gasteiger partial charge in [0.2, 0.25) is 5.91 Å². The van der Waals surface area contributed by atoms with Crippen molar-refractivity contribution in [1.29, 1.82) is 0 Å². The van der Waals surface area contributed by atoms with Crippen LogP contribution in [0, 0.1) is 0 Å². The lowest BCUT2D eigenvalue weighted by Crippen LogP contribution is -2.49. The largest absolute Gasteiger partial charge is 0.480 e. The second kappa shape index (κ2) is 11.0. The molecule has 35 heavy (non-hydrogen) atoms. The zero-order valence-corrected chi connectivity index (χ0v) is 20.8. The molecule has 1 amide bonds. The number of carbonyl (C=O) groups excluding carboxylic acids is 1. The maximum absolute atomic E-state index is 13.3. The lowest BCUT2D eigenvalue weighted by molar-refractivity contribution is -0.150. The van der Waals surface area contributed by atoms with Gasteiger partial charge in [-0.15, -0.1) is 0 Å². The minimum absolute atomic E-state index is 0.00198. The highest BCUT2D eigenvalue weighted by atomic mass is 32.2. The summed E-state index contributed by atoms with van der Waals surface area (Å²) < 4.78 is 1.64. The van der Waals surface area contributed by atoms with Crippen LogP contribution in [0.2, 0.25) is 0 Å². The first-order chi connectivity index (χ1) is 16.9. The number of hydrogen-bond acceptors (Lipinski definition) is 6. The van der Waals surface area contributed by atoms with Gasteiger partial charge < -0.3 is 14.9 Å². The minimum atomic E-state index is -1.02. The monoisotopic (exact) mass is 494 g/mol. The maximum Gasteiger partial charge on any atom is 0.326 e. The lowest BCUT2D eigenvalue weighted by Gasteiger charge is -2.34. The topological polar surface area (TPSA) is 95.7 Å². The first kappa shape index (κ1) is 24.9. The number of likely N-dealkylation sites (N-methyl/N-ethyl adjacent to an activating group) is 1. The van der Waals surface area contributed by atoms with E-state index in [4.69, 9.17) is 4.98 Å². The van der Waals surface area contributed by atoms with Gasteiger partial charge in [-0.2, -0.15) is 0 Å². The summed E-state index contributed by atoms with van der Waals surface area (Å²) >= 11 is 1.19. The van der Waals surface area contributed by atoms with Crippen molar-refractivity contribution in [2.45, 2.75) is 44.6 Å². The molecule has 4 rings (SSSR count). The number of para-hydroxylation sites is 1. The number of fused-ring (bicyclic) bond motifs is 2. The summed E-state index contributed by atoms with van der Waals surface area (Å²) in [5.74, 6) is -1.30. The first-order valence-corrected chi connectivity index (χ1v) is 12.8. The average molecular weight is 495 g/mol. The SMILES string of the molecule is CCN(CC)CCn1c(SCC(=O)N2Cc3ccccc3CC2C(=O)O)nc2ccccc2c1=O. The van der Waals surface area contributed by atoms with Crippen LogP contribution in [0.5, 0.6) is 0 Å². The molecule has 1 aromatic heterocycles. The van der Waals surface area contributed by atoms with E-state index in [1.165, 1.54) is 16.7 Å². The number of aliphatic carboxylic acids is 1. The molecule has 0 aliphatic carbocycles. The van der Waals surface area contributed by atoms with Crippen LogP contribution < -0.4 is 5.56 Å². The fourth-order valence-electron chi connectivity index (χ4n) is 4.45. The second-order valence-electron chi connectivity index (χ2n) is 8.53. The molecule has 2 aromatic carbocycles. The number of thioether (sulfide) groups is 1. The Bertz CT molecular complexity index is 1290. The van der Waals surface area contributed by atoms with Crippen LogP contribution in [-0.4, -0.2) is 67.8 Å². The normalized spacial score (nSPS) is 15.4. The zero-order chi connectivity index (χ0) is 24.9. The molecule has 1 aliphatic rings. The van der Waals surface area contributed by atoms with E-state index >= 15 is 0 Å². The van der Waals surface area contributed by atoms with Crippen LogP contribution in [0.25, 0.3) is 10.9 Å². The molecule has 0 saturated heterocycles. The van der Waals surface area contributed by atoms with Gasteiger partial charge in [0.05, 0.1) is 16.7 Å². The Balaban J connectivity index is 1.59. The van der Waals surface area contributed by atoms with Gasteiger partial charge in [-0.1, -0.05) is 62.0 Å². The van der Waals surface area contributed by atoms with E-state index in [1.807, 2.05) is 36.4 Å². The number of carboxylic acids is 1. The highest BCUT2D eigenvalue weighted by molar-refractivity contribution is 7.99. The van der Waals surface area contributed by atoms with Crippen molar-refractivity contribution in [3.8, 4) is 0 Å². The van der Waals surface area contributed by atoms with Crippen molar-refractivity contribution >= 4 is 34.5 Å². The highest BCUT2D eigenvalue weighted by Crippen LogP contribution is 2.26. The average Bonchev–Trinajstić information content (AvgIpc) is 2.88. The van der Waals surface area contributed by atoms with Gasteiger partial charge in [-0.25, -0.2) is 9.78 Å². The molecule has 0 spiro atoms. The number of rotatable bonds is 9. The van der Waals surface area contributed by atoms with E-state index in [-0.39, 0.29) is 30.2 Å². The van der Waals surface area contributed by atoms with E-state index in [1.54, 1.807) is 16.7 Å². The Morgan fingerprint density at radius 3 is 2.49 bits per heavy atom. The molecule has 0 fully saturated rings. The Morgan fingerprint density at radius 2 is 1.77 bits per heavy atom. The molecule has 1 atom stereocenters. The fourth-order valence-corrected chi connectivity index (χ4v) is 5.36. The van der Waals surface area contributed by atoms with Crippen molar-refractivity contribution in [1.82, 2.24) is 19.4 Å². The summed E-state index contributed by atoms with van der Waals surface area (Å²) in [6.07, 6.45) is 0.282. The van der Waals surface area contributed by atoms with Gasteiger partial charge in [0.25, 0.3) is 5.56 Å². The Kier molecular flexibility index (Phi) is 7.87. The molecule has 9 heteroatoms. The van der Waals surface area contributed by atoms with Crippen molar-refractivity contribution in [2.75, 3.05) is 25.4 Å². The Labute approximate surface area is 208 Å². The Morgan fingerprint density at radius 1 is 1.09 bits per heavy atom. The molecule has 1 unspecified atom stereocenters. The molecule has 0 saturated carbocycles. The molecule has 8 nitrogen and oxygen atoms in total. The van der Waals surface area contributed by atoms with E-state index in [0.717, 1.165) is 24.2 Å². The highest BCUT2D eigenvalue weighted by Gasteiger charge is 2.34. The number of aromatic nitrogens is 2. The van der Waals surface area contributed by atoms with E-state index < -0.39 is 12.0 Å². The van der Waals surface area contributed by atoms with Crippen molar-refractivity contribution in [3.05, 3.63) is 70.0 Å². The lowest BCUT2D eigenvalue weighted by atomic mass is 9.94. The van der Waals surface area contributed by atoms with Gasteiger partial charge in [0.15, 0.2) is 5.16 Å². The number of carbonyl (C=O) groups is 2. The third kappa shape index (κ3) is 5.41. The summed E-state index contributed by atoms with van der Waals surface area (Å²) in [6, 6.07) is 13.9. The van der Waals surface area contributed by atoms with Crippen LogP contribution in [0.1, 0.15) is 25.0 Å². The molecule has 0 bridgehead atoms. The van der Waals surface area contributed by atoms with Gasteiger partial charge in [-0.05, 0) is 36.3 Å². The predicted octanol–water partition coefficient (Wildman–Crippen LogP) is 2.87. The summed E-state index contributed by atoms with van der Waals surface area (Å²) in [6.45, 7) is 7.32. The third-order valence-corrected chi connectivity index (χ3v) is 7.50. The number of nitrogens with zero attached hydrogens (tertiary/aromatic N) is 4. The van der Waals surface area contributed by atoms with Crippen molar-refractivity contribution in [2.24, 2.45) is 0 Å². The van der Waals surface area contributed by atoms with E-state index in [2.05, 4.69) is 18.7 Å². The van der Waals surface area contributed by atoms with E-state index in [0.29, 0.717) is 29.1 Å². The summed E-state index contributed by atoms with van der Waals surface area (Å²) in [5, 5.41) is 10.8. The first-order valence-electron chi connectivity index (χ1n) is 11.9. The quantitative estimate of drug-likeness (QED) is 0.361. The zero-order valence-electron chi connectivity index (χ0n) is 20.0. The van der Waals surface area contributed by atoms with Crippen molar-refractivity contribution < 1.29 is 14.7 Å². The van der Waals surface area contributed by atoms with Gasteiger partial charge >= 0.3 is 5.97 Å². The van der Waals surface area contributed by atoms with Crippen molar-refractivity contribution in [3.63, 3.8) is 0 Å². The molecule has 0 radical (unpaired) electrons. The van der Waals surface area contributed by atoms with Crippen LogP contribution in [0.4, 0.5) is 0 Å². The number of amides is 1. The summed E-state index contributed by atoms with van der Waals surface area (Å²) in [5.41, 5.74) is 2.37. The summed E-state index contributed by atoms with van der Waals surface area (Å²) in [7, 11) is 0. The fraction of sp³-hybridized carbons (Fsp3) is 0.385.